The molecule has 32 heavy (non-hydrogen) atoms. The number of nitriles is 1. The molecule has 1 saturated heterocycles. The number of likely N-dealkylation sites (tertiary alicyclic amines) is 1. The van der Waals surface area contributed by atoms with Gasteiger partial charge in [-0.2, -0.15) is 10.4 Å². The molecule has 2 fully saturated rings. The maximum Gasteiger partial charge on any atom is 0.348 e. The summed E-state index contributed by atoms with van der Waals surface area (Å²) in [6.07, 6.45) is 3.30. The lowest BCUT2D eigenvalue weighted by Crippen LogP contribution is -2.30. The summed E-state index contributed by atoms with van der Waals surface area (Å²) in [6.45, 7) is 1.37. The molecule has 1 aliphatic carbocycles. The second-order valence-corrected chi connectivity index (χ2v) is 8.55. The van der Waals surface area contributed by atoms with Gasteiger partial charge in [0.1, 0.15) is 11.6 Å². The van der Waals surface area contributed by atoms with Crippen molar-refractivity contribution in [1.29, 1.82) is 5.26 Å². The van der Waals surface area contributed by atoms with E-state index in [4.69, 9.17) is 5.26 Å². The molecule has 1 aromatic heterocycles. The van der Waals surface area contributed by atoms with Gasteiger partial charge in [-0.15, -0.1) is 0 Å². The van der Waals surface area contributed by atoms with Crippen LogP contribution in [0.4, 0.5) is 4.39 Å². The monoisotopic (exact) mass is 431 g/mol. The molecule has 1 amide bonds. The Hall–Kier alpha value is -3.73. The first-order valence-corrected chi connectivity index (χ1v) is 10.8. The summed E-state index contributed by atoms with van der Waals surface area (Å²) < 4.78 is 16.4. The number of hydrogen-bond acceptors (Lipinski definition) is 4. The fourth-order valence-electron chi connectivity index (χ4n) is 4.37. The first-order valence-electron chi connectivity index (χ1n) is 10.8. The van der Waals surface area contributed by atoms with Gasteiger partial charge in [-0.1, -0.05) is 18.2 Å². The van der Waals surface area contributed by atoms with Gasteiger partial charge < -0.3 is 4.90 Å². The molecule has 2 heterocycles. The molecule has 1 unspecified atom stereocenters. The first kappa shape index (κ1) is 20.2. The number of hydrogen-bond donors (Lipinski definition) is 1. The topological polar surface area (TPSA) is 94.8 Å². The van der Waals surface area contributed by atoms with Gasteiger partial charge in [0.2, 0.25) is 5.91 Å². The summed E-state index contributed by atoms with van der Waals surface area (Å²) >= 11 is 0. The Morgan fingerprint density at radius 3 is 2.59 bits per heavy atom. The van der Waals surface area contributed by atoms with E-state index < -0.39 is 11.5 Å². The van der Waals surface area contributed by atoms with E-state index in [9.17, 15) is 9.59 Å². The zero-order valence-corrected chi connectivity index (χ0v) is 17.4. The van der Waals surface area contributed by atoms with E-state index in [1.165, 1.54) is 10.6 Å². The predicted octanol–water partition coefficient (Wildman–Crippen LogP) is 3.04. The Morgan fingerprint density at radius 2 is 1.91 bits per heavy atom. The molecule has 8 heteroatoms. The first-order chi connectivity index (χ1) is 15.5. The number of nitrogens with zero attached hydrogens (tertiary/aromatic N) is 4. The molecular weight excluding hydrogens is 409 g/mol. The van der Waals surface area contributed by atoms with Crippen LogP contribution in [0, 0.1) is 29.0 Å². The van der Waals surface area contributed by atoms with Crippen LogP contribution in [0.2, 0.25) is 0 Å². The average molecular weight is 431 g/mol. The number of aromatic amines is 1. The quantitative estimate of drug-likeness (QED) is 0.672. The molecule has 7 nitrogen and oxygen atoms in total. The van der Waals surface area contributed by atoms with Gasteiger partial charge in [0.25, 0.3) is 0 Å². The summed E-state index contributed by atoms with van der Waals surface area (Å²) in [6, 6.07) is 13.6. The molecule has 3 aromatic rings. The Balaban J connectivity index is 1.37. The molecule has 1 aliphatic heterocycles. The minimum atomic E-state index is -0.534. The lowest BCUT2D eigenvalue weighted by molar-refractivity contribution is -0.131. The number of H-pyrrole nitrogens is 1. The van der Waals surface area contributed by atoms with Crippen molar-refractivity contribution in [2.45, 2.75) is 25.7 Å². The molecule has 2 aromatic carbocycles. The zero-order valence-electron chi connectivity index (χ0n) is 17.4. The van der Waals surface area contributed by atoms with Crippen LogP contribution < -0.4 is 5.69 Å². The lowest BCUT2D eigenvalue weighted by atomic mass is 10.0. The third kappa shape index (κ3) is 3.82. The molecule has 5 rings (SSSR count). The fourth-order valence-corrected chi connectivity index (χ4v) is 4.37. The van der Waals surface area contributed by atoms with E-state index in [1.54, 1.807) is 36.4 Å². The molecule has 1 N–H and O–H groups in total. The van der Waals surface area contributed by atoms with Crippen LogP contribution in [0.15, 0.2) is 47.3 Å². The maximum absolute atomic E-state index is 15.1. The van der Waals surface area contributed by atoms with Gasteiger partial charge in [0.15, 0.2) is 0 Å². The van der Waals surface area contributed by atoms with Crippen molar-refractivity contribution in [3.05, 3.63) is 70.2 Å². The minimum absolute atomic E-state index is 0.139. The van der Waals surface area contributed by atoms with E-state index in [0.29, 0.717) is 29.9 Å². The van der Waals surface area contributed by atoms with E-state index in [0.717, 1.165) is 31.4 Å². The standard InChI is InChI=1S/C24H22FN5O2/c25-20-12-19(17-3-1-15(13-26)2-4-17)7-8-21(20)30-22(27-28-24(30)32)11-16-9-10-29(14-16)23(31)18-5-6-18/h1-4,7-8,12,16,18H,5-6,9-11,14H2,(H,28,32). The van der Waals surface area contributed by atoms with Crippen LogP contribution >= 0.6 is 0 Å². The van der Waals surface area contributed by atoms with Crippen LogP contribution in [-0.2, 0) is 11.2 Å². The molecule has 0 spiro atoms. The predicted molar refractivity (Wildman–Crippen MR) is 115 cm³/mol. The molecule has 2 aliphatic rings. The molecule has 0 radical (unpaired) electrons. The summed E-state index contributed by atoms with van der Waals surface area (Å²) in [5, 5.41) is 15.5. The van der Waals surface area contributed by atoms with Gasteiger partial charge >= 0.3 is 5.69 Å². The second-order valence-electron chi connectivity index (χ2n) is 8.55. The van der Waals surface area contributed by atoms with Gasteiger partial charge in [-0.05, 0) is 60.6 Å². The normalized spacial score (nSPS) is 18.0. The number of nitrogens with one attached hydrogen (secondary N) is 1. The van der Waals surface area contributed by atoms with Crippen LogP contribution in [-0.4, -0.2) is 38.7 Å². The van der Waals surface area contributed by atoms with Gasteiger partial charge in [-0.25, -0.2) is 18.9 Å². The number of carbonyl (C=O) groups is 1. The van der Waals surface area contributed by atoms with Crippen LogP contribution in [0.5, 0.6) is 0 Å². The highest BCUT2D eigenvalue weighted by molar-refractivity contribution is 5.81. The Bertz CT molecular complexity index is 1270. The maximum atomic E-state index is 15.1. The van der Waals surface area contributed by atoms with Crippen molar-refractivity contribution >= 4 is 5.91 Å². The van der Waals surface area contributed by atoms with Crippen molar-refractivity contribution in [3.63, 3.8) is 0 Å². The summed E-state index contributed by atoms with van der Waals surface area (Å²) in [5.74, 6) is 0.546. The van der Waals surface area contributed by atoms with Crippen LogP contribution in [0.25, 0.3) is 16.8 Å². The van der Waals surface area contributed by atoms with E-state index >= 15 is 4.39 Å². The lowest BCUT2D eigenvalue weighted by Gasteiger charge is -2.16. The third-order valence-electron chi connectivity index (χ3n) is 6.27. The van der Waals surface area contributed by atoms with Crippen molar-refractivity contribution in [2.24, 2.45) is 11.8 Å². The van der Waals surface area contributed by atoms with Crippen LogP contribution in [0.1, 0.15) is 30.7 Å². The van der Waals surface area contributed by atoms with Crippen LogP contribution in [0.3, 0.4) is 0 Å². The van der Waals surface area contributed by atoms with Crippen molar-refractivity contribution < 1.29 is 9.18 Å². The summed E-state index contributed by atoms with van der Waals surface area (Å²) in [7, 11) is 0. The van der Waals surface area contributed by atoms with E-state index in [2.05, 4.69) is 16.3 Å². The highest BCUT2D eigenvalue weighted by atomic mass is 19.1. The third-order valence-corrected chi connectivity index (χ3v) is 6.27. The highest BCUT2D eigenvalue weighted by Crippen LogP contribution is 2.33. The zero-order chi connectivity index (χ0) is 22.2. The van der Waals surface area contributed by atoms with Crippen molar-refractivity contribution in [2.75, 3.05) is 13.1 Å². The van der Waals surface area contributed by atoms with Gasteiger partial charge in [0, 0.05) is 25.4 Å². The number of carbonyl (C=O) groups excluding carboxylic acids is 1. The molecule has 162 valence electrons. The molecule has 1 atom stereocenters. The number of aromatic nitrogens is 3. The highest BCUT2D eigenvalue weighted by Gasteiger charge is 2.37. The van der Waals surface area contributed by atoms with Gasteiger partial charge in [0.05, 0.1) is 17.3 Å². The minimum Gasteiger partial charge on any atom is -0.342 e. The van der Waals surface area contributed by atoms with E-state index in [-0.39, 0.29) is 23.4 Å². The van der Waals surface area contributed by atoms with Gasteiger partial charge in [-0.3, -0.25) is 4.79 Å². The Kier molecular flexibility index (Phi) is 5.10. The number of rotatable bonds is 5. The largest absolute Gasteiger partial charge is 0.348 e. The number of benzene rings is 2. The Labute approximate surface area is 184 Å². The smallest absolute Gasteiger partial charge is 0.342 e. The van der Waals surface area contributed by atoms with E-state index in [1.807, 2.05) is 4.90 Å². The average Bonchev–Trinajstić information content (AvgIpc) is 3.46. The molecule has 1 saturated carbocycles. The molecular formula is C24H22FN5O2. The second kappa shape index (κ2) is 8.08. The summed E-state index contributed by atoms with van der Waals surface area (Å²) in [5.41, 5.74) is 1.61. The Morgan fingerprint density at radius 1 is 1.16 bits per heavy atom. The van der Waals surface area contributed by atoms with Crippen molar-refractivity contribution in [1.82, 2.24) is 19.7 Å². The fraction of sp³-hybridized carbons (Fsp3) is 0.333. The molecule has 0 bridgehead atoms. The van der Waals surface area contributed by atoms with Crippen molar-refractivity contribution in [3.8, 4) is 22.9 Å². The summed E-state index contributed by atoms with van der Waals surface area (Å²) in [4.78, 5) is 26.7. The number of halogens is 1. The number of amides is 1. The SMILES string of the molecule is N#Cc1ccc(-c2ccc(-n3c(CC4CCN(C(=O)C5CC5)C4)n[nH]c3=O)c(F)c2)cc1.